The molecule has 0 saturated carbocycles. The largest absolute Gasteiger partial charge is 0.460 e. The van der Waals surface area contributed by atoms with E-state index in [0.29, 0.717) is 12.8 Å². The zero-order chi connectivity index (χ0) is 16.1. The molecule has 0 aromatic carbocycles. The second kappa shape index (κ2) is 7.21. The van der Waals surface area contributed by atoms with Gasteiger partial charge in [0.05, 0.1) is 12.5 Å². The molecule has 0 saturated heterocycles. The van der Waals surface area contributed by atoms with Crippen molar-refractivity contribution in [1.29, 1.82) is 0 Å². The number of rotatable bonds is 4. The van der Waals surface area contributed by atoms with Gasteiger partial charge in [-0.05, 0) is 46.5 Å². The molecule has 21 heavy (non-hydrogen) atoms. The molecule has 4 nitrogen and oxygen atoms in total. The molecule has 4 heteroatoms. The highest BCUT2D eigenvalue weighted by Crippen LogP contribution is 2.34. The summed E-state index contributed by atoms with van der Waals surface area (Å²) in [5, 5.41) is 9.70. The lowest BCUT2D eigenvalue weighted by Gasteiger charge is -2.30. The fourth-order valence-electron chi connectivity index (χ4n) is 2.53. The van der Waals surface area contributed by atoms with Crippen LogP contribution in [-0.4, -0.2) is 28.6 Å². The van der Waals surface area contributed by atoms with Gasteiger partial charge in [0.25, 0.3) is 0 Å². The van der Waals surface area contributed by atoms with Gasteiger partial charge in [0.2, 0.25) is 0 Å². The molecule has 0 aromatic rings. The number of esters is 1. The van der Waals surface area contributed by atoms with Crippen LogP contribution in [0.25, 0.3) is 0 Å². The average Bonchev–Trinajstić information content (AvgIpc) is 2.34. The first-order valence-electron chi connectivity index (χ1n) is 7.72. The number of hydrogen-bond donors (Lipinski definition) is 1. The van der Waals surface area contributed by atoms with Gasteiger partial charge in [-0.15, -0.1) is 0 Å². The number of aliphatic hydroxyl groups is 1. The van der Waals surface area contributed by atoms with E-state index >= 15 is 0 Å². The molecule has 0 amide bonds. The molecular weight excluding hydrogens is 268 g/mol. The van der Waals surface area contributed by atoms with Crippen LogP contribution in [-0.2, 0) is 14.3 Å². The smallest absolute Gasteiger partial charge is 0.306 e. The van der Waals surface area contributed by atoms with E-state index in [-0.39, 0.29) is 24.6 Å². The molecule has 0 heterocycles. The van der Waals surface area contributed by atoms with Crippen LogP contribution in [0, 0.1) is 5.41 Å². The lowest BCUT2D eigenvalue weighted by Crippen LogP contribution is -2.31. The summed E-state index contributed by atoms with van der Waals surface area (Å²) in [6.07, 6.45) is 6.40. The molecule has 1 N–H and O–H groups in total. The van der Waals surface area contributed by atoms with Crippen LogP contribution in [0.1, 0.15) is 66.2 Å². The van der Waals surface area contributed by atoms with Crippen LogP contribution in [0.3, 0.4) is 0 Å². The lowest BCUT2D eigenvalue weighted by molar-refractivity contribution is -0.156. The summed E-state index contributed by atoms with van der Waals surface area (Å²) in [4.78, 5) is 24.1. The SMILES string of the molecule is CC(C)(C)OC(=O)CCC(=O)[C@]1(C)CC/C=C/[C@H](O)CC1. The second-order valence-corrected chi connectivity index (χ2v) is 7.14. The highest BCUT2D eigenvalue weighted by atomic mass is 16.6. The van der Waals surface area contributed by atoms with Crippen LogP contribution in [0.15, 0.2) is 12.2 Å². The second-order valence-electron chi connectivity index (χ2n) is 7.14. The van der Waals surface area contributed by atoms with Gasteiger partial charge in [0, 0.05) is 11.8 Å². The van der Waals surface area contributed by atoms with Crippen LogP contribution in [0.4, 0.5) is 0 Å². The molecule has 0 aliphatic heterocycles. The maximum absolute atomic E-state index is 12.4. The van der Waals surface area contributed by atoms with E-state index in [1.807, 2.05) is 33.8 Å². The third kappa shape index (κ3) is 6.42. The quantitative estimate of drug-likeness (QED) is 0.639. The molecule has 0 fully saturated rings. The minimum Gasteiger partial charge on any atom is -0.460 e. The maximum Gasteiger partial charge on any atom is 0.306 e. The Morgan fingerprint density at radius 1 is 1.29 bits per heavy atom. The molecule has 1 aliphatic carbocycles. The van der Waals surface area contributed by atoms with Crippen LogP contribution < -0.4 is 0 Å². The van der Waals surface area contributed by atoms with E-state index in [4.69, 9.17) is 4.74 Å². The summed E-state index contributed by atoms with van der Waals surface area (Å²) in [5.41, 5.74) is -0.965. The van der Waals surface area contributed by atoms with Gasteiger partial charge in [0.15, 0.2) is 0 Å². The van der Waals surface area contributed by atoms with Crippen molar-refractivity contribution in [1.82, 2.24) is 0 Å². The fourth-order valence-corrected chi connectivity index (χ4v) is 2.53. The Hall–Kier alpha value is -1.16. The Morgan fingerprint density at radius 3 is 2.57 bits per heavy atom. The Bertz CT molecular complexity index is 406. The molecule has 1 rings (SSSR count). The summed E-state index contributed by atoms with van der Waals surface area (Å²) in [7, 11) is 0. The summed E-state index contributed by atoms with van der Waals surface area (Å²) in [5.74, 6) is -0.235. The van der Waals surface area contributed by atoms with Crippen molar-refractivity contribution in [3.8, 4) is 0 Å². The summed E-state index contributed by atoms with van der Waals surface area (Å²) in [6.45, 7) is 7.39. The molecule has 0 unspecified atom stereocenters. The number of ether oxygens (including phenoxy) is 1. The number of hydrogen-bond acceptors (Lipinski definition) is 4. The summed E-state index contributed by atoms with van der Waals surface area (Å²) >= 11 is 0. The van der Waals surface area contributed by atoms with Gasteiger partial charge in [-0.3, -0.25) is 9.59 Å². The van der Waals surface area contributed by atoms with E-state index in [9.17, 15) is 14.7 Å². The third-order valence-corrected chi connectivity index (χ3v) is 3.86. The third-order valence-electron chi connectivity index (χ3n) is 3.86. The number of carbonyl (C=O) groups is 2. The van der Waals surface area contributed by atoms with Crippen molar-refractivity contribution in [3.63, 3.8) is 0 Å². The number of Topliss-reactive ketones (excluding diaryl/α,β-unsaturated/α-hetero) is 1. The summed E-state index contributed by atoms with van der Waals surface area (Å²) < 4.78 is 5.23. The normalized spacial score (nSPS) is 28.3. The molecular formula is C17H28O4. The molecule has 120 valence electrons. The van der Waals surface area contributed by atoms with Crippen molar-refractivity contribution in [3.05, 3.63) is 12.2 Å². The van der Waals surface area contributed by atoms with E-state index < -0.39 is 17.1 Å². The van der Waals surface area contributed by atoms with Crippen molar-refractivity contribution < 1.29 is 19.4 Å². The van der Waals surface area contributed by atoms with Crippen molar-refractivity contribution in [2.75, 3.05) is 0 Å². The van der Waals surface area contributed by atoms with Crippen molar-refractivity contribution >= 4 is 11.8 Å². The van der Waals surface area contributed by atoms with Crippen molar-refractivity contribution in [2.24, 2.45) is 5.41 Å². The number of aliphatic hydroxyl groups excluding tert-OH is 1. The number of allylic oxidation sites excluding steroid dienone is 1. The highest BCUT2D eigenvalue weighted by molar-refractivity contribution is 5.87. The molecule has 1 aliphatic rings. The van der Waals surface area contributed by atoms with Gasteiger partial charge >= 0.3 is 5.97 Å². The van der Waals surface area contributed by atoms with Gasteiger partial charge in [-0.25, -0.2) is 0 Å². The highest BCUT2D eigenvalue weighted by Gasteiger charge is 2.33. The molecule has 2 atom stereocenters. The standard InChI is InChI=1S/C17H28O4/c1-16(2,3)21-15(20)9-8-14(19)17(4)11-6-5-7-13(18)10-12-17/h5,7,13,18H,6,8-12H2,1-4H3/b7-5+/t13-,17+/m0/s1. The first kappa shape index (κ1) is 17.9. The van der Waals surface area contributed by atoms with Gasteiger partial charge in [-0.2, -0.15) is 0 Å². The summed E-state index contributed by atoms with van der Waals surface area (Å²) in [6, 6.07) is 0. The predicted molar refractivity (Wildman–Crippen MR) is 81.8 cm³/mol. The van der Waals surface area contributed by atoms with Crippen LogP contribution in [0.2, 0.25) is 0 Å². The first-order chi connectivity index (χ1) is 9.62. The Labute approximate surface area is 127 Å². The molecule has 0 spiro atoms. The maximum atomic E-state index is 12.4. The van der Waals surface area contributed by atoms with E-state index in [0.717, 1.165) is 12.8 Å². The zero-order valence-corrected chi connectivity index (χ0v) is 13.6. The fraction of sp³-hybridized carbons (Fsp3) is 0.765. The predicted octanol–water partition coefficient (Wildman–Crippen LogP) is 3.17. The van der Waals surface area contributed by atoms with Crippen molar-refractivity contribution in [2.45, 2.75) is 77.9 Å². The number of ketones is 1. The molecule has 0 radical (unpaired) electrons. The van der Waals surface area contributed by atoms with Crippen LogP contribution in [0.5, 0.6) is 0 Å². The van der Waals surface area contributed by atoms with Gasteiger partial charge in [0.1, 0.15) is 11.4 Å². The monoisotopic (exact) mass is 296 g/mol. The first-order valence-corrected chi connectivity index (χ1v) is 7.72. The van der Waals surface area contributed by atoms with E-state index in [1.165, 1.54) is 0 Å². The number of carbonyl (C=O) groups excluding carboxylic acids is 2. The van der Waals surface area contributed by atoms with Gasteiger partial charge < -0.3 is 9.84 Å². The van der Waals surface area contributed by atoms with E-state index in [2.05, 4.69) is 0 Å². The Morgan fingerprint density at radius 2 is 1.95 bits per heavy atom. The van der Waals surface area contributed by atoms with Crippen LogP contribution >= 0.6 is 0 Å². The minimum absolute atomic E-state index is 0.0934. The van der Waals surface area contributed by atoms with Gasteiger partial charge in [-0.1, -0.05) is 19.1 Å². The molecule has 0 aromatic heterocycles. The topological polar surface area (TPSA) is 63.6 Å². The average molecular weight is 296 g/mol. The Kier molecular flexibility index (Phi) is 6.14. The lowest BCUT2D eigenvalue weighted by atomic mass is 9.74. The van der Waals surface area contributed by atoms with E-state index in [1.54, 1.807) is 6.08 Å². The molecule has 0 bridgehead atoms. The Balaban J connectivity index is 2.53. The minimum atomic E-state index is -0.515. The zero-order valence-electron chi connectivity index (χ0n) is 13.6.